The van der Waals surface area contributed by atoms with Gasteiger partial charge in [0.2, 0.25) is 6.33 Å². The number of nitro groups is 1. The summed E-state index contributed by atoms with van der Waals surface area (Å²) >= 11 is 5.44. The van der Waals surface area contributed by atoms with Crippen molar-refractivity contribution in [3.05, 3.63) is 57.6 Å². The molecule has 18 heavy (non-hydrogen) atoms. The number of carboxylic acids is 1. The fourth-order valence-corrected chi connectivity index (χ4v) is 1.28. The van der Waals surface area contributed by atoms with Crippen LogP contribution < -0.4 is 10.1 Å². The summed E-state index contributed by atoms with van der Waals surface area (Å²) in [7, 11) is 0. The average molecular weight is 270 g/mol. The Labute approximate surface area is 106 Å². The van der Waals surface area contributed by atoms with Gasteiger partial charge in [-0.05, 0) is 6.07 Å². The van der Waals surface area contributed by atoms with E-state index in [-0.39, 0.29) is 16.3 Å². The first kappa shape index (κ1) is 13.7. The lowest BCUT2D eigenvalue weighted by Gasteiger charge is -2.03. The number of carboxylic acid groups (broad SMARTS) is 1. The van der Waals surface area contributed by atoms with Gasteiger partial charge in [0.1, 0.15) is 12.4 Å². The summed E-state index contributed by atoms with van der Waals surface area (Å²) in [6, 6.07) is 3.06. The molecule has 0 radical (unpaired) electrons. The molecular weight excluding hydrogens is 262 g/mol. The number of carbonyl (C=O) groups excluding carboxylic acids is 1. The maximum absolute atomic E-state index is 10.3. The van der Waals surface area contributed by atoms with Crippen LogP contribution in [0.1, 0.15) is 10.4 Å². The average Bonchev–Trinajstić information content (AvgIpc) is 2.86. The highest BCUT2D eigenvalue weighted by molar-refractivity contribution is 6.33. The first-order chi connectivity index (χ1) is 8.52. The fraction of sp³-hybridized carbons (Fsp3) is 0. The summed E-state index contributed by atoms with van der Waals surface area (Å²) < 4.78 is 0. The van der Waals surface area contributed by atoms with Gasteiger partial charge in [-0.15, -0.1) is 0 Å². The van der Waals surface area contributed by atoms with Crippen molar-refractivity contribution in [1.82, 2.24) is 4.98 Å². The fourth-order valence-electron chi connectivity index (χ4n) is 1.02. The molecule has 8 heteroatoms. The van der Waals surface area contributed by atoms with Gasteiger partial charge in [-0.25, -0.2) is 0 Å². The quantitative estimate of drug-likeness (QED) is 0.629. The zero-order valence-electron chi connectivity index (χ0n) is 8.92. The van der Waals surface area contributed by atoms with Crippen molar-refractivity contribution in [2.24, 2.45) is 0 Å². The zero-order valence-corrected chi connectivity index (χ0v) is 9.68. The number of benzene rings is 1. The lowest BCUT2D eigenvalue weighted by Crippen LogP contribution is -2.22. The third-order valence-corrected chi connectivity index (χ3v) is 2.14. The monoisotopic (exact) mass is 269 g/mol. The van der Waals surface area contributed by atoms with E-state index in [1.54, 1.807) is 6.33 Å². The van der Waals surface area contributed by atoms with E-state index in [9.17, 15) is 20.0 Å². The smallest absolute Gasteiger partial charge is 0.270 e. The number of aromatic amines is 2. The third kappa shape index (κ3) is 3.87. The molecule has 0 fully saturated rings. The van der Waals surface area contributed by atoms with E-state index in [2.05, 4.69) is 9.97 Å². The molecule has 0 saturated heterocycles. The Morgan fingerprint density at radius 3 is 2.50 bits per heavy atom. The molecule has 0 saturated carbocycles. The standard InChI is InChI=1S/C7H4ClNO4.C3H4N2/c8-6-3-4(9(12)13)1-2-5(6)7(10)11;1-2-5-3-4-1/h1-3H,(H,10,11);1-3H,(H,4,5). The summed E-state index contributed by atoms with van der Waals surface area (Å²) in [6.07, 6.45) is 5.39. The van der Waals surface area contributed by atoms with E-state index in [4.69, 9.17) is 11.6 Å². The number of non-ortho nitro benzene ring substituents is 1. The first-order valence-corrected chi connectivity index (χ1v) is 5.04. The number of aromatic nitrogens is 2. The maximum Gasteiger partial charge on any atom is 0.270 e. The predicted octanol–water partition coefficient (Wildman–Crippen LogP) is 0.440. The highest BCUT2D eigenvalue weighted by Gasteiger charge is 2.09. The van der Waals surface area contributed by atoms with Crippen LogP contribution in [-0.4, -0.2) is 15.9 Å². The van der Waals surface area contributed by atoms with Gasteiger partial charge in [0.05, 0.1) is 15.9 Å². The zero-order chi connectivity index (χ0) is 13.5. The first-order valence-electron chi connectivity index (χ1n) is 4.66. The lowest BCUT2D eigenvalue weighted by molar-refractivity contribution is -0.384. The number of carbonyl (C=O) groups is 1. The van der Waals surface area contributed by atoms with E-state index in [0.717, 1.165) is 18.2 Å². The van der Waals surface area contributed by atoms with Gasteiger partial charge in [-0.3, -0.25) is 20.1 Å². The van der Waals surface area contributed by atoms with Crippen molar-refractivity contribution >= 4 is 23.3 Å². The molecule has 0 aliphatic heterocycles. The predicted molar refractivity (Wildman–Crippen MR) is 59.8 cm³/mol. The highest BCUT2D eigenvalue weighted by Crippen LogP contribution is 2.21. The van der Waals surface area contributed by atoms with Crippen LogP contribution >= 0.6 is 11.6 Å². The molecule has 0 atom stereocenters. The van der Waals surface area contributed by atoms with Crippen molar-refractivity contribution in [2.45, 2.75) is 0 Å². The van der Waals surface area contributed by atoms with Crippen molar-refractivity contribution in [2.75, 3.05) is 0 Å². The van der Waals surface area contributed by atoms with Gasteiger partial charge in [-0.1, -0.05) is 11.6 Å². The van der Waals surface area contributed by atoms with Gasteiger partial charge in [-0.2, -0.15) is 0 Å². The minimum atomic E-state index is -1.46. The summed E-state index contributed by atoms with van der Waals surface area (Å²) in [4.78, 5) is 25.5. The van der Waals surface area contributed by atoms with Crippen molar-refractivity contribution in [1.29, 1.82) is 0 Å². The van der Waals surface area contributed by atoms with Crippen LogP contribution in [0.3, 0.4) is 0 Å². The van der Waals surface area contributed by atoms with Crippen LogP contribution in [0, 0.1) is 10.1 Å². The van der Waals surface area contributed by atoms with E-state index in [1.807, 2.05) is 12.4 Å². The number of imidazole rings is 1. The van der Waals surface area contributed by atoms with E-state index < -0.39 is 10.9 Å². The lowest BCUT2D eigenvalue weighted by atomic mass is 10.2. The summed E-state index contributed by atoms with van der Waals surface area (Å²) in [5, 5.41) is 20.4. The number of halogens is 1. The Kier molecular flexibility index (Phi) is 4.82. The van der Waals surface area contributed by atoms with E-state index >= 15 is 0 Å². The van der Waals surface area contributed by atoms with Gasteiger partial charge >= 0.3 is 0 Å². The van der Waals surface area contributed by atoms with Gasteiger partial charge in [0, 0.05) is 17.7 Å². The second-order valence-electron chi connectivity index (χ2n) is 3.02. The summed E-state index contributed by atoms with van der Waals surface area (Å²) in [6.45, 7) is 0. The molecule has 2 aromatic rings. The molecule has 2 rings (SSSR count). The maximum atomic E-state index is 10.3. The largest absolute Gasteiger partial charge is 0.545 e. The molecule has 0 spiro atoms. The number of rotatable bonds is 2. The number of nitro benzene ring substituents is 1. The molecule has 94 valence electrons. The van der Waals surface area contributed by atoms with Crippen LogP contribution in [0.5, 0.6) is 0 Å². The number of hydrogen-bond acceptors (Lipinski definition) is 4. The Hall–Kier alpha value is -2.41. The Morgan fingerprint density at radius 2 is 2.17 bits per heavy atom. The number of H-pyrrole nitrogens is 2. The molecule has 0 aliphatic rings. The molecule has 1 heterocycles. The highest BCUT2D eigenvalue weighted by atomic mass is 35.5. The summed E-state index contributed by atoms with van der Waals surface area (Å²) in [5.41, 5.74) is -0.512. The molecule has 0 aliphatic carbocycles. The molecule has 0 unspecified atom stereocenters. The normalized spacial score (nSPS) is 9.17. The van der Waals surface area contributed by atoms with Crippen molar-refractivity contribution in [3.8, 4) is 0 Å². The molecule has 1 aromatic carbocycles. The number of nitrogens with one attached hydrogen (secondary N) is 2. The number of aromatic carboxylic acids is 1. The molecule has 2 N–H and O–H groups in total. The molecule has 7 nitrogen and oxygen atoms in total. The van der Waals surface area contributed by atoms with Crippen LogP contribution in [0.4, 0.5) is 5.69 Å². The number of nitrogens with zero attached hydrogens (tertiary/aromatic N) is 1. The van der Waals surface area contributed by atoms with E-state index in [0.29, 0.717) is 0 Å². The van der Waals surface area contributed by atoms with Gasteiger partial charge < -0.3 is 9.90 Å². The Balaban J connectivity index is 0.000000269. The minimum absolute atomic E-state index is 0.200. The van der Waals surface area contributed by atoms with Crippen LogP contribution in [0.15, 0.2) is 36.9 Å². The van der Waals surface area contributed by atoms with Crippen LogP contribution in [-0.2, 0) is 0 Å². The number of hydrogen-bond donors (Lipinski definition) is 1. The second-order valence-corrected chi connectivity index (χ2v) is 3.43. The van der Waals surface area contributed by atoms with Crippen LogP contribution in [0.25, 0.3) is 0 Å². The molecule has 0 amide bonds. The second kappa shape index (κ2) is 6.36. The van der Waals surface area contributed by atoms with Crippen molar-refractivity contribution in [3.63, 3.8) is 0 Å². The molecule has 0 bridgehead atoms. The van der Waals surface area contributed by atoms with Gasteiger partial charge in [0.25, 0.3) is 5.69 Å². The molecule has 1 aromatic heterocycles. The SMILES string of the molecule is O=C([O-])c1ccc([N+](=O)[O-])cc1Cl.c1c[nH+]c[nH]1. The minimum Gasteiger partial charge on any atom is -0.545 e. The van der Waals surface area contributed by atoms with Gasteiger partial charge in [0.15, 0.2) is 0 Å². The van der Waals surface area contributed by atoms with E-state index in [1.165, 1.54) is 0 Å². The third-order valence-electron chi connectivity index (χ3n) is 1.83. The topological polar surface area (TPSA) is 113 Å². The van der Waals surface area contributed by atoms with Crippen LogP contribution in [0.2, 0.25) is 5.02 Å². The Morgan fingerprint density at radius 1 is 1.44 bits per heavy atom. The van der Waals surface area contributed by atoms with Crippen molar-refractivity contribution < 1.29 is 19.8 Å². The Bertz CT molecular complexity index is 525. The summed E-state index contributed by atoms with van der Waals surface area (Å²) in [5.74, 6) is -1.46. The molecular formula is C10H8ClN3O4.